The fourth-order valence-electron chi connectivity index (χ4n) is 3.24. The van der Waals surface area contributed by atoms with E-state index in [1.807, 2.05) is 18.0 Å². The van der Waals surface area contributed by atoms with Crippen molar-refractivity contribution >= 4 is 6.03 Å². The van der Waals surface area contributed by atoms with E-state index in [-0.39, 0.29) is 6.03 Å². The predicted octanol–water partition coefficient (Wildman–Crippen LogP) is 2.88. The van der Waals surface area contributed by atoms with Crippen molar-refractivity contribution in [3.05, 3.63) is 23.3 Å². The smallest absolute Gasteiger partial charge is 0.317 e. The third-order valence-corrected chi connectivity index (χ3v) is 4.87. The Labute approximate surface area is 162 Å². The van der Waals surface area contributed by atoms with Crippen LogP contribution in [0.2, 0.25) is 0 Å². The highest BCUT2D eigenvalue weighted by Crippen LogP contribution is 2.29. The lowest BCUT2D eigenvalue weighted by atomic mass is 9.91. The van der Waals surface area contributed by atoms with Crippen molar-refractivity contribution in [1.82, 2.24) is 20.2 Å². The summed E-state index contributed by atoms with van der Waals surface area (Å²) in [6.45, 7) is 10.1. The third-order valence-electron chi connectivity index (χ3n) is 4.87. The Hall–Kier alpha value is -1.73. The number of amides is 2. The molecule has 1 aliphatic heterocycles. The monoisotopic (exact) mass is 378 g/mol. The first-order chi connectivity index (χ1) is 13.0. The molecule has 1 aliphatic rings. The molecule has 0 bridgehead atoms. The van der Waals surface area contributed by atoms with Gasteiger partial charge in [0.1, 0.15) is 5.82 Å². The number of hydrogen-bond donors (Lipinski definition) is 1. The van der Waals surface area contributed by atoms with Crippen LogP contribution >= 0.6 is 0 Å². The maximum Gasteiger partial charge on any atom is 0.317 e. The van der Waals surface area contributed by atoms with Gasteiger partial charge in [0, 0.05) is 44.4 Å². The van der Waals surface area contributed by atoms with Gasteiger partial charge >= 0.3 is 6.03 Å². The summed E-state index contributed by atoms with van der Waals surface area (Å²) in [6, 6.07) is 0.0519. The Morgan fingerprint density at radius 3 is 2.74 bits per heavy atom. The van der Waals surface area contributed by atoms with Crippen LogP contribution in [0.4, 0.5) is 4.79 Å². The summed E-state index contributed by atoms with van der Waals surface area (Å²) >= 11 is 0. The van der Waals surface area contributed by atoms with E-state index in [4.69, 9.17) is 14.5 Å². The number of ether oxygens (including phenoxy) is 2. The fraction of sp³-hybridized carbons (Fsp3) is 0.750. The second-order valence-corrected chi connectivity index (χ2v) is 7.55. The number of nitrogens with one attached hydrogen (secondary N) is 1. The molecule has 0 saturated carbocycles. The molecule has 1 aromatic rings. The van der Waals surface area contributed by atoms with Crippen LogP contribution in [0, 0.1) is 12.8 Å². The zero-order valence-corrected chi connectivity index (χ0v) is 17.2. The molecule has 1 N–H and O–H groups in total. The van der Waals surface area contributed by atoms with E-state index in [1.165, 1.54) is 0 Å². The van der Waals surface area contributed by atoms with Gasteiger partial charge in [-0.25, -0.2) is 14.8 Å². The lowest BCUT2D eigenvalue weighted by Gasteiger charge is -2.32. The first-order valence-electron chi connectivity index (χ1n) is 9.93. The Morgan fingerprint density at radius 2 is 2.07 bits per heavy atom. The third kappa shape index (κ3) is 7.07. The number of hydrogen-bond acceptors (Lipinski definition) is 5. The Balaban J connectivity index is 1.89. The first-order valence-corrected chi connectivity index (χ1v) is 9.93. The topological polar surface area (TPSA) is 76.6 Å². The normalized spacial score (nSPS) is 15.4. The Bertz CT molecular complexity index is 587. The summed E-state index contributed by atoms with van der Waals surface area (Å²) in [5.74, 6) is 1.72. The molecule has 0 aliphatic carbocycles. The molecule has 0 atom stereocenters. The van der Waals surface area contributed by atoms with E-state index in [0.717, 1.165) is 56.0 Å². The molecule has 2 heterocycles. The van der Waals surface area contributed by atoms with Crippen molar-refractivity contribution < 1.29 is 14.3 Å². The van der Waals surface area contributed by atoms with Crippen LogP contribution in [0.25, 0.3) is 0 Å². The Morgan fingerprint density at radius 1 is 1.33 bits per heavy atom. The summed E-state index contributed by atoms with van der Waals surface area (Å²) in [4.78, 5) is 23.2. The van der Waals surface area contributed by atoms with E-state index in [1.54, 1.807) is 7.11 Å². The molecule has 1 aromatic heterocycles. The number of aromatic nitrogens is 2. The van der Waals surface area contributed by atoms with Gasteiger partial charge in [-0.1, -0.05) is 13.8 Å². The molecule has 2 amide bonds. The minimum Gasteiger partial charge on any atom is -0.382 e. The highest BCUT2D eigenvalue weighted by Gasteiger charge is 2.26. The first kappa shape index (κ1) is 21.6. The largest absolute Gasteiger partial charge is 0.382 e. The van der Waals surface area contributed by atoms with Gasteiger partial charge < -0.3 is 19.7 Å². The van der Waals surface area contributed by atoms with Gasteiger partial charge in [-0.05, 0) is 32.1 Å². The van der Waals surface area contributed by atoms with E-state index in [9.17, 15) is 4.79 Å². The number of rotatable bonds is 9. The minimum atomic E-state index is 0.0519. The number of nitrogens with zero attached hydrogens (tertiary/aromatic N) is 3. The van der Waals surface area contributed by atoms with E-state index >= 15 is 0 Å². The standard InChI is InChI=1S/C20H34N4O3/c1-15(2)5-8-21-20(25)24-9-6-17(7-10-24)19-18(13-22-16(3)23-19)14-27-12-11-26-4/h13,15,17H,5-12,14H2,1-4H3,(H,21,25). The van der Waals surface area contributed by atoms with Crippen LogP contribution in [0.5, 0.6) is 0 Å². The molecule has 2 rings (SSSR count). The molecule has 7 heteroatoms. The van der Waals surface area contributed by atoms with Crippen molar-refractivity contribution in [1.29, 1.82) is 0 Å². The minimum absolute atomic E-state index is 0.0519. The van der Waals surface area contributed by atoms with Crippen molar-refractivity contribution in [3.63, 3.8) is 0 Å². The van der Waals surface area contributed by atoms with Crippen LogP contribution in [0.1, 0.15) is 56.1 Å². The van der Waals surface area contributed by atoms with Gasteiger partial charge in [-0.2, -0.15) is 0 Å². The van der Waals surface area contributed by atoms with Crippen molar-refractivity contribution in [2.24, 2.45) is 5.92 Å². The lowest BCUT2D eigenvalue weighted by molar-refractivity contribution is 0.0607. The van der Waals surface area contributed by atoms with Gasteiger partial charge in [-0.3, -0.25) is 0 Å². The van der Waals surface area contributed by atoms with Crippen LogP contribution in [-0.2, 0) is 16.1 Å². The van der Waals surface area contributed by atoms with Gasteiger partial charge in [-0.15, -0.1) is 0 Å². The molecule has 7 nitrogen and oxygen atoms in total. The number of aryl methyl sites for hydroxylation is 1. The molecule has 1 fully saturated rings. The summed E-state index contributed by atoms with van der Waals surface area (Å²) in [6.07, 6.45) is 4.71. The Kier molecular flexibility index (Phi) is 8.94. The quantitative estimate of drug-likeness (QED) is 0.669. The summed E-state index contributed by atoms with van der Waals surface area (Å²) in [5, 5.41) is 3.03. The van der Waals surface area contributed by atoms with Crippen LogP contribution in [0.15, 0.2) is 6.20 Å². The van der Waals surface area contributed by atoms with Crippen LogP contribution in [-0.4, -0.2) is 60.9 Å². The SMILES string of the molecule is COCCOCc1cnc(C)nc1C1CCN(C(=O)NCCC(C)C)CC1. The van der Waals surface area contributed by atoms with Crippen molar-refractivity contribution in [2.45, 2.75) is 52.6 Å². The van der Waals surface area contributed by atoms with E-state index in [2.05, 4.69) is 24.1 Å². The number of urea groups is 1. The molecule has 0 spiro atoms. The average molecular weight is 379 g/mol. The second-order valence-electron chi connectivity index (χ2n) is 7.55. The van der Waals surface area contributed by atoms with Crippen molar-refractivity contribution in [2.75, 3.05) is 40.0 Å². The zero-order valence-electron chi connectivity index (χ0n) is 17.2. The van der Waals surface area contributed by atoms with Gasteiger partial charge in [0.2, 0.25) is 0 Å². The lowest BCUT2D eigenvalue weighted by Crippen LogP contribution is -2.44. The number of piperidine rings is 1. The molecule has 0 aromatic carbocycles. The average Bonchev–Trinajstić information content (AvgIpc) is 2.66. The van der Waals surface area contributed by atoms with Crippen LogP contribution < -0.4 is 5.32 Å². The summed E-state index contributed by atoms with van der Waals surface area (Å²) < 4.78 is 10.7. The zero-order chi connectivity index (χ0) is 19.6. The highest BCUT2D eigenvalue weighted by atomic mass is 16.5. The molecule has 1 saturated heterocycles. The fourth-order valence-corrected chi connectivity index (χ4v) is 3.24. The number of carbonyl (C=O) groups is 1. The molecule has 27 heavy (non-hydrogen) atoms. The highest BCUT2D eigenvalue weighted by molar-refractivity contribution is 5.74. The summed E-state index contributed by atoms with van der Waals surface area (Å²) in [5.41, 5.74) is 2.11. The molecule has 152 valence electrons. The van der Waals surface area contributed by atoms with E-state index in [0.29, 0.717) is 31.7 Å². The van der Waals surface area contributed by atoms with Gasteiger partial charge in [0.15, 0.2) is 0 Å². The molecule has 0 unspecified atom stereocenters. The molecular formula is C20H34N4O3. The van der Waals surface area contributed by atoms with Gasteiger partial charge in [0.25, 0.3) is 0 Å². The number of likely N-dealkylation sites (tertiary alicyclic amines) is 1. The molecule has 0 radical (unpaired) electrons. The van der Waals surface area contributed by atoms with Crippen LogP contribution in [0.3, 0.4) is 0 Å². The number of carbonyl (C=O) groups excluding carboxylic acids is 1. The van der Waals surface area contributed by atoms with E-state index < -0.39 is 0 Å². The maximum atomic E-state index is 12.3. The van der Waals surface area contributed by atoms with Gasteiger partial charge in [0.05, 0.1) is 25.5 Å². The number of methoxy groups -OCH3 is 1. The molecular weight excluding hydrogens is 344 g/mol. The second kappa shape index (κ2) is 11.2. The predicted molar refractivity (Wildman–Crippen MR) is 105 cm³/mol. The van der Waals surface area contributed by atoms with Crippen molar-refractivity contribution in [3.8, 4) is 0 Å². The maximum absolute atomic E-state index is 12.3. The summed E-state index contributed by atoms with van der Waals surface area (Å²) in [7, 11) is 1.66.